The molecule has 0 fully saturated rings. The lowest BCUT2D eigenvalue weighted by Gasteiger charge is -2.27. The summed E-state index contributed by atoms with van der Waals surface area (Å²) >= 11 is 0. The van der Waals surface area contributed by atoms with Crippen molar-refractivity contribution in [2.45, 2.75) is 38.1 Å². The number of hydrogen-bond acceptors (Lipinski definition) is 5. The van der Waals surface area contributed by atoms with E-state index in [1.165, 1.54) is 12.1 Å². The van der Waals surface area contributed by atoms with Crippen molar-refractivity contribution in [1.29, 1.82) is 0 Å². The van der Waals surface area contributed by atoms with Crippen LogP contribution in [0.15, 0.2) is 23.1 Å². The molecule has 2 N–H and O–H groups in total. The Bertz CT molecular complexity index is 618. The molecule has 7 heteroatoms. The third-order valence-electron chi connectivity index (χ3n) is 3.22. The number of nitro benzene ring substituents is 1. The number of nitrogens with zero attached hydrogens (tertiary/aromatic N) is 1. The molecule has 0 bridgehead atoms. The van der Waals surface area contributed by atoms with Crippen LogP contribution >= 0.6 is 0 Å². The second kappa shape index (κ2) is 5.49. The molecule has 1 unspecified atom stereocenters. The van der Waals surface area contributed by atoms with Crippen molar-refractivity contribution >= 4 is 15.5 Å². The van der Waals surface area contributed by atoms with Crippen LogP contribution in [0.1, 0.15) is 26.3 Å². The Morgan fingerprint density at radius 3 is 2.30 bits per heavy atom. The molecule has 1 rings (SSSR count). The number of benzene rings is 1. The molecule has 20 heavy (non-hydrogen) atoms. The number of hydrogen-bond donors (Lipinski definition) is 1. The van der Waals surface area contributed by atoms with Gasteiger partial charge in [0, 0.05) is 17.9 Å². The van der Waals surface area contributed by atoms with E-state index in [0.29, 0.717) is 5.56 Å². The van der Waals surface area contributed by atoms with E-state index < -0.39 is 14.8 Å². The van der Waals surface area contributed by atoms with Crippen LogP contribution in [0.25, 0.3) is 0 Å². The maximum Gasteiger partial charge on any atom is 0.291 e. The third-order valence-corrected chi connectivity index (χ3v) is 4.35. The van der Waals surface area contributed by atoms with Gasteiger partial charge in [-0.1, -0.05) is 32.9 Å². The molecule has 0 aliphatic heterocycles. The number of rotatable bonds is 4. The predicted octanol–water partition coefficient (Wildman–Crippen LogP) is 1.91. The van der Waals surface area contributed by atoms with E-state index >= 15 is 0 Å². The van der Waals surface area contributed by atoms with Gasteiger partial charge in [-0.3, -0.25) is 10.1 Å². The molecule has 0 aliphatic rings. The standard InChI is InChI=1S/C13H20N2O4S/c1-13(2,3)11(14)8-9-6-5-7-10(20(4,18)19)12(9)15(16)17/h5-7,11H,8,14H2,1-4H3. The Morgan fingerprint density at radius 1 is 1.35 bits per heavy atom. The normalized spacial score (nSPS) is 14.1. The Balaban J connectivity index is 3.39. The molecule has 0 aliphatic carbocycles. The van der Waals surface area contributed by atoms with Crippen LogP contribution in [-0.2, 0) is 16.3 Å². The third kappa shape index (κ3) is 3.77. The fourth-order valence-electron chi connectivity index (χ4n) is 1.78. The molecular weight excluding hydrogens is 280 g/mol. The summed E-state index contributed by atoms with van der Waals surface area (Å²) < 4.78 is 23.3. The summed E-state index contributed by atoms with van der Waals surface area (Å²) in [5, 5.41) is 11.2. The zero-order valence-electron chi connectivity index (χ0n) is 12.1. The summed E-state index contributed by atoms with van der Waals surface area (Å²) in [6.07, 6.45) is 1.21. The number of nitrogens with two attached hydrogens (primary N) is 1. The SMILES string of the molecule is CC(C)(C)C(N)Cc1cccc(S(C)(=O)=O)c1[N+](=O)[O-]. The number of para-hydroxylation sites is 1. The van der Waals surface area contributed by atoms with Gasteiger partial charge in [-0.15, -0.1) is 0 Å². The first-order chi connectivity index (χ1) is 8.94. The zero-order valence-corrected chi connectivity index (χ0v) is 12.9. The van der Waals surface area contributed by atoms with E-state index in [1.54, 1.807) is 6.07 Å². The highest BCUT2D eigenvalue weighted by molar-refractivity contribution is 7.90. The van der Waals surface area contributed by atoms with Gasteiger partial charge in [0.2, 0.25) is 0 Å². The lowest BCUT2D eigenvalue weighted by molar-refractivity contribution is -0.388. The maximum absolute atomic E-state index is 11.7. The van der Waals surface area contributed by atoms with Gasteiger partial charge >= 0.3 is 0 Å². The largest absolute Gasteiger partial charge is 0.327 e. The number of sulfone groups is 1. The Kier molecular flexibility index (Phi) is 4.55. The summed E-state index contributed by atoms with van der Waals surface area (Å²) in [5.41, 5.74) is 5.79. The van der Waals surface area contributed by atoms with E-state index in [9.17, 15) is 18.5 Å². The fourth-order valence-corrected chi connectivity index (χ4v) is 2.66. The first-order valence-corrected chi connectivity index (χ1v) is 8.05. The van der Waals surface area contributed by atoms with Gasteiger partial charge in [-0.2, -0.15) is 0 Å². The minimum absolute atomic E-state index is 0.227. The van der Waals surface area contributed by atoms with Gasteiger partial charge in [-0.05, 0) is 17.9 Å². The van der Waals surface area contributed by atoms with Crippen molar-refractivity contribution < 1.29 is 13.3 Å². The van der Waals surface area contributed by atoms with Crippen LogP contribution in [0.4, 0.5) is 5.69 Å². The average Bonchev–Trinajstić information content (AvgIpc) is 2.25. The van der Waals surface area contributed by atoms with Crippen LogP contribution in [0.3, 0.4) is 0 Å². The van der Waals surface area contributed by atoms with E-state index in [4.69, 9.17) is 5.73 Å². The summed E-state index contributed by atoms with van der Waals surface area (Å²) in [4.78, 5) is 10.3. The van der Waals surface area contributed by atoms with Crippen LogP contribution < -0.4 is 5.73 Å². The minimum Gasteiger partial charge on any atom is -0.327 e. The van der Waals surface area contributed by atoms with Crippen molar-refractivity contribution in [2.75, 3.05) is 6.26 Å². The lowest BCUT2D eigenvalue weighted by Crippen LogP contribution is -2.37. The molecule has 0 spiro atoms. The molecule has 0 saturated heterocycles. The van der Waals surface area contributed by atoms with E-state index in [-0.39, 0.29) is 28.5 Å². The van der Waals surface area contributed by atoms with Gasteiger partial charge < -0.3 is 5.73 Å². The Labute approximate surface area is 119 Å². The molecule has 6 nitrogen and oxygen atoms in total. The topological polar surface area (TPSA) is 103 Å². The van der Waals surface area contributed by atoms with Gasteiger partial charge in [0.15, 0.2) is 9.84 Å². The van der Waals surface area contributed by atoms with Crippen LogP contribution in [0, 0.1) is 15.5 Å². The second-order valence-electron chi connectivity index (χ2n) is 5.97. The Morgan fingerprint density at radius 2 is 1.90 bits per heavy atom. The van der Waals surface area contributed by atoms with Crippen LogP contribution in [0.5, 0.6) is 0 Å². The van der Waals surface area contributed by atoms with Crippen LogP contribution in [0.2, 0.25) is 0 Å². The monoisotopic (exact) mass is 300 g/mol. The molecular formula is C13H20N2O4S. The van der Waals surface area contributed by atoms with Gasteiger partial charge in [-0.25, -0.2) is 8.42 Å². The Hall–Kier alpha value is -1.47. The molecule has 0 radical (unpaired) electrons. The van der Waals surface area contributed by atoms with Crippen molar-refractivity contribution in [1.82, 2.24) is 0 Å². The predicted molar refractivity (Wildman–Crippen MR) is 77.3 cm³/mol. The highest BCUT2D eigenvalue weighted by Crippen LogP contribution is 2.31. The van der Waals surface area contributed by atoms with Crippen molar-refractivity contribution in [2.24, 2.45) is 11.1 Å². The number of nitro groups is 1. The zero-order chi connectivity index (χ0) is 15.7. The van der Waals surface area contributed by atoms with Crippen LogP contribution in [-0.4, -0.2) is 25.6 Å². The van der Waals surface area contributed by atoms with Crippen molar-refractivity contribution in [3.8, 4) is 0 Å². The summed E-state index contributed by atoms with van der Waals surface area (Å²) in [7, 11) is -3.65. The van der Waals surface area contributed by atoms with E-state index in [0.717, 1.165) is 6.26 Å². The highest BCUT2D eigenvalue weighted by atomic mass is 32.2. The quantitative estimate of drug-likeness (QED) is 0.675. The second-order valence-corrected chi connectivity index (χ2v) is 7.95. The average molecular weight is 300 g/mol. The summed E-state index contributed by atoms with van der Waals surface area (Å²) in [6.45, 7) is 5.80. The van der Waals surface area contributed by atoms with Crippen molar-refractivity contribution in [3.05, 3.63) is 33.9 Å². The summed E-state index contributed by atoms with van der Waals surface area (Å²) in [6, 6.07) is 4.00. The smallest absolute Gasteiger partial charge is 0.291 e. The van der Waals surface area contributed by atoms with E-state index in [2.05, 4.69) is 0 Å². The first-order valence-electron chi connectivity index (χ1n) is 6.16. The van der Waals surface area contributed by atoms with Gasteiger partial charge in [0.25, 0.3) is 5.69 Å². The highest BCUT2D eigenvalue weighted by Gasteiger charge is 2.29. The fraction of sp³-hybridized carbons (Fsp3) is 0.538. The molecule has 0 amide bonds. The minimum atomic E-state index is -3.65. The molecule has 112 valence electrons. The molecule has 0 aromatic heterocycles. The molecule has 0 saturated carbocycles. The van der Waals surface area contributed by atoms with Crippen molar-refractivity contribution in [3.63, 3.8) is 0 Å². The molecule has 1 aromatic rings. The lowest BCUT2D eigenvalue weighted by atomic mass is 9.83. The molecule has 1 atom stereocenters. The van der Waals surface area contributed by atoms with Gasteiger partial charge in [0.05, 0.1) is 4.92 Å². The summed E-state index contributed by atoms with van der Waals surface area (Å²) in [5.74, 6) is 0. The van der Waals surface area contributed by atoms with E-state index in [1.807, 2.05) is 20.8 Å². The molecule has 0 heterocycles. The first kappa shape index (κ1) is 16.6. The van der Waals surface area contributed by atoms with Gasteiger partial charge in [0.1, 0.15) is 4.90 Å². The maximum atomic E-state index is 11.7. The molecule has 1 aromatic carbocycles.